The third-order valence-electron chi connectivity index (χ3n) is 5.90. The number of piperidine rings is 1. The van der Waals surface area contributed by atoms with Crippen LogP contribution in [-0.4, -0.2) is 46.5 Å². The first-order valence-electron chi connectivity index (χ1n) is 10.0. The number of aromatic nitrogens is 2. The van der Waals surface area contributed by atoms with Gasteiger partial charge in [0.05, 0.1) is 7.11 Å². The van der Waals surface area contributed by atoms with Crippen molar-refractivity contribution >= 4 is 11.9 Å². The number of likely N-dealkylation sites (tertiary alicyclic amines) is 1. The molecule has 2 aromatic rings. The van der Waals surface area contributed by atoms with Crippen molar-refractivity contribution in [3.8, 4) is 11.1 Å². The van der Waals surface area contributed by atoms with Crippen LogP contribution in [0.5, 0.6) is 0 Å². The number of pyridine rings is 2. The SMILES string of the molecule is COC(=O)CCCC(=O)N1C[C@@H]2C[C@H](C1)c1cc(-c3cccnc3)cc(=O)n1C2. The number of nitrogens with zero attached hydrogens (tertiary/aromatic N) is 3. The summed E-state index contributed by atoms with van der Waals surface area (Å²) in [6, 6.07) is 7.56. The maximum atomic E-state index is 12.8. The summed E-state index contributed by atoms with van der Waals surface area (Å²) >= 11 is 0. The summed E-state index contributed by atoms with van der Waals surface area (Å²) in [5.41, 5.74) is 2.80. The smallest absolute Gasteiger partial charge is 0.305 e. The highest BCUT2D eigenvalue weighted by atomic mass is 16.5. The van der Waals surface area contributed by atoms with E-state index in [0.29, 0.717) is 32.5 Å². The van der Waals surface area contributed by atoms with Crippen LogP contribution in [0.2, 0.25) is 0 Å². The van der Waals surface area contributed by atoms with Crippen LogP contribution in [0.15, 0.2) is 41.5 Å². The number of fused-ring (bicyclic) bond motifs is 4. The van der Waals surface area contributed by atoms with Gasteiger partial charge in [0, 0.05) is 68.1 Å². The first-order valence-corrected chi connectivity index (χ1v) is 10.0. The van der Waals surface area contributed by atoms with Gasteiger partial charge in [0.1, 0.15) is 0 Å². The van der Waals surface area contributed by atoms with Crippen molar-refractivity contribution in [2.24, 2.45) is 5.92 Å². The molecular formula is C22H25N3O4. The number of rotatable bonds is 5. The molecule has 2 atom stereocenters. The van der Waals surface area contributed by atoms with Gasteiger partial charge in [-0.1, -0.05) is 6.07 Å². The van der Waals surface area contributed by atoms with Crippen LogP contribution in [0.3, 0.4) is 0 Å². The van der Waals surface area contributed by atoms with E-state index in [2.05, 4.69) is 15.8 Å². The highest BCUT2D eigenvalue weighted by Gasteiger charge is 2.36. The molecule has 7 heteroatoms. The second-order valence-electron chi connectivity index (χ2n) is 7.89. The van der Waals surface area contributed by atoms with Gasteiger partial charge >= 0.3 is 5.97 Å². The average Bonchev–Trinajstić information content (AvgIpc) is 2.74. The van der Waals surface area contributed by atoms with Crippen molar-refractivity contribution < 1.29 is 14.3 Å². The van der Waals surface area contributed by atoms with Gasteiger partial charge in [-0.25, -0.2) is 0 Å². The number of esters is 1. The largest absolute Gasteiger partial charge is 0.469 e. The van der Waals surface area contributed by atoms with Gasteiger partial charge in [-0.2, -0.15) is 0 Å². The van der Waals surface area contributed by atoms with Crippen molar-refractivity contribution in [2.45, 2.75) is 38.1 Å². The third kappa shape index (κ3) is 4.09. The molecular weight excluding hydrogens is 370 g/mol. The van der Waals surface area contributed by atoms with Crippen molar-refractivity contribution in [1.82, 2.24) is 14.5 Å². The van der Waals surface area contributed by atoms with Crippen LogP contribution in [0, 0.1) is 5.92 Å². The lowest BCUT2D eigenvalue weighted by Gasteiger charge is -2.43. The number of amides is 1. The predicted molar refractivity (Wildman–Crippen MR) is 107 cm³/mol. The number of carbonyl (C=O) groups is 2. The Hall–Kier alpha value is -2.96. The van der Waals surface area contributed by atoms with E-state index in [1.807, 2.05) is 21.6 Å². The van der Waals surface area contributed by atoms with Crippen LogP contribution in [0.4, 0.5) is 0 Å². The lowest BCUT2D eigenvalue weighted by molar-refractivity contribution is -0.141. The Bertz CT molecular complexity index is 970. The molecule has 4 rings (SSSR count). The van der Waals surface area contributed by atoms with E-state index in [-0.39, 0.29) is 35.7 Å². The Morgan fingerprint density at radius 2 is 2.03 bits per heavy atom. The number of hydrogen-bond acceptors (Lipinski definition) is 5. The topological polar surface area (TPSA) is 81.5 Å². The summed E-state index contributed by atoms with van der Waals surface area (Å²) in [5, 5.41) is 0. The first-order chi connectivity index (χ1) is 14.0. The quantitative estimate of drug-likeness (QED) is 0.725. The first kappa shape index (κ1) is 19.4. The molecule has 0 aliphatic carbocycles. The molecule has 7 nitrogen and oxygen atoms in total. The van der Waals surface area contributed by atoms with E-state index in [9.17, 15) is 14.4 Å². The zero-order valence-electron chi connectivity index (χ0n) is 16.5. The van der Waals surface area contributed by atoms with Crippen LogP contribution in [0.25, 0.3) is 11.1 Å². The van der Waals surface area contributed by atoms with E-state index in [0.717, 1.165) is 23.2 Å². The summed E-state index contributed by atoms with van der Waals surface area (Å²) in [6.07, 6.45) is 5.56. The Morgan fingerprint density at radius 3 is 2.79 bits per heavy atom. The second-order valence-corrected chi connectivity index (χ2v) is 7.89. The lowest BCUT2D eigenvalue weighted by atomic mass is 9.82. The average molecular weight is 395 g/mol. The van der Waals surface area contributed by atoms with Gasteiger partial charge in [0.25, 0.3) is 5.56 Å². The Balaban J connectivity index is 1.52. The molecule has 29 heavy (non-hydrogen) atoms. The fourth-order valence-electron chi connectivity index (χ4n) is 4.51. The van der Waals surface area contributed by atoms with E-state index >= 15 is 0 Å². The highest BCUT2D eigenvalue weighted by Crippen LogP contribution is 2.36. The summed E-state index contributed by atoms with van der Waals surface area (Å²) in [6.45, 7) is 1.93. The molecule has 0 spiro atoms. The molecule has 4 heterocycles. The molecule has 2 bridgehead atoms. The van der Waals surface area contributed by atoms with E-state index < -0.39 is 0 Å². The molecule has 152 valence electrons. The van der Waals surface area contributed by atoms with E-state index in [1.54, 1.807) is 18.5 Å². The minimum absolute atomic E-state index is 0.00825. The van der Waals surface area contributed by atoms with E-state index in [1.165, 1.54) is 7.11 Å². The van der Waals surface area contributed by atoms with Crippen LogP contribution in [-0.2, 0) is 20.9 Å². The minimum atomic E-state index is -0.287. The molecule has 2 aromatic heterocycles. The fourth-order valence-corrected chi connectivity index (χ4v) is 4.51. The van der Waals surface area contributed by atoms with Crippen LogP contribution < -0.4 is 5.56 Å². The van der Waals surface area contributed by atoms with Crippen molar-refractivity contribution in [2.75, 3.05) is 20.2 Å². The number of ether oxygens (including phenoxy) is 1. The molecule has 1 fully saturated rings. The van der Waals surface area contributed by atoms with Crippen LogP contribution >= 0.6 is 0 Å². The van der Waals surface area contributed by atoms with Crippen molar-refractivity contribution in [1.29, 1.82) is 0 Å². The lowest BCUT2D eigenvalue weighted by Crippen LogP contribution is -2.49. The summed E-state index contributed by atoms with van der Waals surface area (Å²) in [5.74, 6) is 0.219. The monoisotopic (exact) mass is 395 g/mol. The summed E-state index contributed by atoms with van der Waals surface area (Å²) < 4.78 is 6.51. The Morgan fingerprint density at radius 1 is 1.17 bits per heavy atom. The number of methoxy groups -OCH3 is 1. The van der Waals surface area contributed by atoms with Crippen molar-refractivity contribution in [3.63, 3.8) is 0 Å². The Labute approximate surface area is 169 Å². The van der Waals surface area contributed by atoms with Crippen LogP contribution in [0.1, 0.15) is 37.3 Å². The number of carbonyl (C=O) groups excluding carboxylic acids is 2. The molecule has 0 saturated carbocycles. The molecule has 0 unspecified atom stereocenters. The third-order valence-corrected chi connectivity index (χ3v) is 5.90. The normalized spacial score (nSPS) is 20.1. The molecule has 0 N–H and O–H groups in total. The van der Waals surface area contributed by atoms with Gasteiger partial charge in [-0.05, 0) is 36.5 Å². The summed E-state index contributed by atoms with van der Waals surface area (Å²) in [7, 11) is 1.36. The standard InChI is InChI=1S/C22H25N3O4/c1-29-22(28)6-2-5-20(26)24-12-15-8-18(14-24)19-9-17(10-21(27)25(19)13-15)16-4-3-7-23-11-16/h3-4,7,9-11,15,18H,2,5-6,8,12-14H2,1H3/t15-,18+/m0/s1. The molecule has 0 radical (unpaired) electrons. The van der Waals surface area contributed by atoms with Gasteiger partial charge in [-0.15, -0.1) is 0 Å². The maximum absolute atomic E-state index is 12.8. The molecule has 0 aromatic carbocycles. The maximum Gasteiger partial charge on any atom is 0.305 e. The number of hydrogen-bond donors (Lipinski definition) is 0. The predicted octanol–water partition coefficient (Wildman–Crippen LogP) is 2.20. The van der Waals surface area contributed by atoms with Gasteiger partial charge < -0.3 is 14.2 Å². The molecule has 1 amide bonds. The second kappa shape index (κ2) is 8.19. The summed E-state index contributed by atoms with van der Waals surface area (Å²) in [4.78, 5) is 42.7. The molecule has 2 aliphatic rings. The molecule has 2 aliphatic heterocycles. The van der Waals surface area contributed by atoms with E-state index in [4.69, 9.17) is 0 Å². The fraction of sp³-hybridized carbons (Fsp3) is 0.455. The van der Waals surface area contributed by atoms with Gasteiger partial charge in [0.2, 0.25) is 5.91 Å². The molecule has 1 saturated heterocycles. The zero-order chi connectivity index (χ0) is 20.4. The highest BCUT2D eigenvalue weighted by molar-refractivity contribution is 5.77. The van der Waals surface area contributed by atoms with Crippen molar-refractivity contribution in [3.05, 3.63) is 52.7 Å². The minimum Gasteiger partial charge on any atom is -0.469 e. The van der Waals surface area contributed by atoms with Gasteiger partial charge in [-0.3, -0.25) is 19.4 Å². The Kier molecular flexibility index (Phi) is 5.47. The zero-order valence-corrected chi connectivity index (χ0v) is 16.5. The van der Waals surface area contributed by atoms with Gasteiger partial charge in [0.15, 0.2) is 0 Å².